The number of nitrogens with one attached hydrogen (secondary N) is 2. The van der Waals surface area contributed by atoms with E-state index in [2.05, 4.69) is 48.2 Å². The average Bonchev–Trinajstić information content (AvgIpc) is 3.34. The lowest BCUT2D eigenvalue weighted by Crippen LogP contribution is -2.41. The fourth-order valence-corrected chi connectivity index (χ4v) is 5.80. The first-order chi connectivity index (χ1) is 15.8. The number of aromatic nitrogens is 4. The van der Waals surface area contributed by atoms with E-state index >= 15 is 0 Å². The van der Waals surface area contributed by atoms with Crippen LogP contribution < -0.4 is 15.4 Å². The third-order valence-electron chi connectivity index (χ3n) is 6.73. The molecule has 4 N–H and O–H groups in total. The van der Waals surface area contributed by atoms with E-state index in [0.29, 0.717) is 29.9 Å². The Kier molecular flexibility index (Phi) is 5.62. The lowest BCUT2D eigenvalue weighted by Gasteiger charge is -2.23. The fraction of sp³-hybridized carbons (Fsp3) is 0.429. The van der Waals surface area contributed by atoms with Crippen molar-refractivity contribution in [3.05, 3.63) is 38.9 Å². The summed E-state index contributed by atoms with van der Waals surface area (Å²) in [6, 6.07) is 5.31. The molecule has 10 nitrogen and oxygen atoms in total. The standard InChI is InChI=1S/C21H22ClIN6O4/c1-24-19(32)21-6-11(21)14(15(30)16(21)31)29-8-26-13-17(27-20(22)28-18(13)29)25-7-9-5-10(23)3-4-12(9)33-2/h3-5,8,11,14-16,30-31H,6-7H2,1-2H3,(H,24,32)(H,25,27,28)/t11-,14-,15+,16+,21+/m1/s1. The molecule has 0 aliphatic heterocycles. The van der Waals surface area contributed by atoms with Gasteiger partial charge >= 0.3 is 0 Å². The van der Waals surface area contributed by atoms with Crippen LogP contribution in [0.5, 0.6) is 5.75 Å². The van der Waals surface area contributed by atoms with Gasteiger partial charge in [-0.1, -0.05) is 0 Å². The number of imidazole rings is 1. The van der Waals surface area contributed by atoms with Crippen molar-refractivity contribution in [2.24, 2.45) is 11.3 Å². The molecule has 5 rings (SSSR count). The minimum absolute atomic E-state index is 0.0164. The number of ether oxygens (including phenoxy) is 1. The lowest BCUT2D eigenvalue weighted by atomic mass is 9.98. The predicted molar refractivity (Wildman–Crippen MR) is 129 cm³/mol. The molecule has 1 amide bonds. The number of benzene rings is 1. The zero-order chi connectivity index (χ0) is 23.5. The number of halogens is 2. The van der Waals surface area contributed by atoms with Gasteiger partial charge in [-0.25, -0.2) is 4.98 Å². The van der Waals surface area contributed by atoms with E-state index in [9.17, 15) is 15.0 Å². The highest BCUT2D eigenvalue weighted by atomic mass is 127. The van der Waals surface area contributed by atoms with Crippen molar-refractivity contribution < 1.29 is 19.7 Å². The Hall–Kier alpha value is -2.22. The number of rotatable bonds is 6. The summed E-state index contributed by atoms with van der Waals surface area (Å²) in [5.74, 6) is 0.673. The fourth-order valence-electron chi connectivity index (χ4n) is 5.08. The quantitative estimate of drug-likeness (QED) is 0.254. The number of fused-ring (bicyclic) bond motifs is 2. The van der Waals surface area contributed by atoms with Crippen LogP contribution >= 0.6 is 34.2 Å². The molecule has 1 aromatic carbocycles. The average molecular weight is 585 g/mol. The van der Waals surface area contributed by atoms with E-state index in [4.69, 9.17) is 16.3 Å². The highest BCUT2D eigenvalue weighted by molar-refractivity contribution is 14.1. The first kappa shape index (κ1) is 22.6. The third-order valence-corrected chi connectivity index (χ3v) is 7.57. The highest BCUT2D eigenvalue weighted by Crippen LogP contribution is 2.67. The minimum Gasteiger partial charge on any atom is -0.496 e. The first-order valence-corrected chi connectivity index (χ1v) is 11.8. The Morgan fingerprint density at radius 3 is 2.91 bits per heavy atom. The molecule has 0 saturated heterocycles. The van der Waals surface area contributed by atoms with Crippen LogP contribution in [0.15, 0.2) is 24.5 Å². The molecule has 2 saturated carbocycles. The molecule has 5 atom stereocenters. The summed E-state index contributed by atoms with van der Waals surface area (Å²) in [7, 11) is 3.14. The lowest BCUT2D eigenvalue weighted by molar-refractivity contribution is -0.132. The number of amides is 1. The monoisotopic (exact) mass is 584 g/mol. The van der Waals surface area contributed by atoms with Crippen LogP contribution in [-0.2, 0) is 11.3 Å². The Morgan fingerprint density at radius 2 is 2.18 bits per heavy atom. The summed E-state index contributed by atoms with van der Waals surface area (Å²) in [5, 5.41) is 27.3. The molecule has 2 aliphatic rings. The molecule has 33 heavy (non-hydrogen) atoms. The van der Waals surface area contributed by atoms with Crippen LogP contribution in [0, 0.1) is 14.9 Å². The largest absolute Gasteiger partial charge is 0.496 e. The Balaban J connectivity index is 1.49. The van der Waals surface area contributed by atoms with Crippen molar-refractivity contribution in [2.75, 3.05) is 19.5 Å². The minimum atomic E-state index is -1.17. The van der Waals surface area contributed by atoms with Gasteiger partial charge in [-0.2, -0.15) is 9.97 Å². The third kappa shape index (κ3) is 3.44. The van der Waals surface area contributed by atoms with E-state index in [1.54, 1.807) is 18.0 Å². The van der Waals surface area contributed by atoms with Gasteiger partial charge in [-0.3, -0.25) is 4.79 Å². The molecular weight excluding hydrogens is 563 g/mol. The molecule has 2 aliphatic carbocycles. The van der Waals surface area contributed by atoms with Crippen molar-refractivity contribution in [3.8, 4) is 5.75 Å². The molecule has 2 fully saturated rings. The van der Waals surface area contributed by atoms with Gasteiger partial charge in [0.25, 0.3) is 0 Å². The van der Waals surface area contributed by atoms with Gasteiger partial charge in [0.05, 0.1) is 31.0 Å². The summed E-state index contributed by atoms with van der Waals surface area (Å²) >= 11 is 8.47. The summed E-state index contributed by atoms with van der Waals surface area (Å²) in [6.07, 6.45) is -0.288. The van der Waals surface area contributed by atoms with Gasteiger partial charge in [0, 0.05) is 28.6 Å². The number of nitrogens with zero attached hydrogens (tertiary/aromatic N) is 4. The number of aliphatic hydroxyl groups excluding tert-OH is 2. The van der Waals surface area contributed by atoms with Crippen molar-refractivity contribution in [1.29, 1.82) is 0 Å². The Morgan fingerprint density at radius 1 is 1.39 bits per heavy atom. The molecule has 0 unspecified atom stereocenters. The van der Waals surface area contributed by atoms with Crippen LogP contribution in [-0.4, -0.2) is 62.0 Å². The zero-order valence-corrected chi connectivity index (χ0v) is 20.7. The molecular formula is C21H22ClIN6O4. The van der Waals surface area contributed by atoms with E-state index in [1.807, 2.05) is 18.2 Å². The first-order valence-electron chi connectivity index (χ1n) is 10.4. The molecule has 0 spiro atoms. The number of anilines is 1. The van der Waals surface area contributed by atoms with Gasteiger partial charge in [0.15, 0.2) is 17.0 Å². The van der Waals surface area contributed by atoms with E-state index in [1.165, 1.54) is 7.05 Å². The number of carbonyl (C=O) groups excluding carboxylic acids is 1. The van der Waals surface area contributed by atoms with Crippen molar-refractivity contribution in [3.63, 3.8) is 0 Å². The summed E-state index contributed by atoms with van der Waals surface area (Å²) in [6.45, 7) is 0.419. The molecule has 174 valence electrons. The number of aliphatic hydroxyl groups is 2. The smallest absolute Gasteiger partial charge is 0.229 e. The summed E-state index contributed by atoms with van der Waals surface area (Å²) in [4.78, 5) is 25.6. The number of carbonyl (C=O) groups is 1. The molecule has 12 heteroatoms. The molecule has 0 radical (unpaired) electrons. The van der Waals surface area contributed by atoms with Gasteiger partial charge in [-0.05, 0) is 58.8 Å². The molecule has 0 bridgehead atoms. The number of hydrogen-bond donors (Lipinski definition) is 4. The molecule has 2 heterocycles. The maximum Gasteiger partial charge on any atom is 0.229 e. The SMILES string of the molecule is CNC(=O)[C@@]12C[C@@H]1[C@@H](n1cnc3c(NCc4cc(I)ccc4OC)nc(Cl)nc31)[C@H](O)[C@@H]2O. The van der Waals surface area contributed by atoms with Gasteiger partial charge in [0.1, 0.15) is 11.9 Å². The van der Waals surface area contributed by atoms with E-state index < -0.39 is 23.7 Å². The maximum absolute atomic E-state index is 12.4. The summed E-state index contributed by atoms with van der Waals surface area (Å²) < 4.78 is 8.20. The number of hydrogen-bond acceptors (Lipinski definition) is 8. The van der Waals surface area contributed by atoms with Crippen molar-refractivity contribution in [1.82, 2.24) is 24.8 Å². The zero-order valence-electron chi connectivity index (χ0n) is 17.8. The second-order valence-corrected chi connectivity index (χ2v) is 9.91. The van der Waals surface area contributed by atoms with Crippen molar-refractivity contribution >= 4 is 57.1 Å². The maximum atomic E-state index is 12.4. The predicted octanol–water partition coefficient (Wildman–Crippen LogP) is 1.73. The van der Waals surface area contributed by atoms with Crippen LogP contribution in [0.1, 0.15) is 18.0 Å². The molecule has 2 aromatic heterocycles. The topological polar surface area (TPSA) is 134 Å². The number of methoxy groups -OCH3 is 1. The Labute approximate surface area is 207 Å². The highest BCUT2D eigenvalue weighted by Gasteiger charge is 2.75. The van der Waals surface area contributed by atoms with Crippen LogP contribution in [0.25, 0.3) is 11.2 Å². The normalized spacial score (nSPS) is 27.9. The van der Waals surface area contributed by atoms with Crippen molar-refractivity contribution in [2.45, 2.75) is 31.2 Å². The van der Waals surface area contributed by atoms with E-state index in [0.717, 1.165) is 14.9 Å². The van der Waals surface area contributed by atoms with Crippen LogP contribution in [0.4, 0.5) is 5.82 Å². The van der Waals surface area contributed by atoms with Gasteiger partial charge < -0.3 is 30.2 Å². The Bertz CT molecular complexity index is 1250. The second-order valence-electron chi connectivity index (χ2n) is 8.33. The van der Waals surface area contributed by atoms with Crippen LogP contribution in [0.3, 0.4) is 0 Å². The summed E-state index contributed by atoms with van der Waals surface area (Å²) in [5.41, 5.74) is 0.843. The van der Waals surface area contributed by atoms with E-state index in [-0.39, 0.29) is 17.1 Å². The van der Waals surface area contributed by atoms with Gasteiger partial charge in [-0.15, -0.1) is 0 Å². The second kappa shape index (κ2) is 8.22. The van der Waals surface area contributed by atoms with Crippen LogP contribution in [0.2, 0.25) is 5.28 Å². The molecule has 3 aromatic rings. The van der Waals surface area contributed by atoms with Gasteiger partial charge in [0.2, 0.25) is 11.2 Å².